The Labute approximate surface area is 383 Å². The van der Waals surface area contributed by atoms with Gasteiger partial charge in [0.05, 0.1) is 0 Å². The van der Waals surface area contributed by atoms with Gasteiger partial charge in [0.1, 0.15) is 0 Å². The normalized spacial score (nSPS) is 11.9. The standard InChI is InChI=1S/3C15H23.C12H11P.2Sn/c3*1-10(2)13-7-14(11(3)4)9-15(8-13)12(5)6;1-3-7-11(8-4-1)13-12-9-5-2-6-10-12;;/h3*7-8,10-12H,1-6H3;1-10,13H;;. The third-order valence-electron chi connectivity index (χ3n) is 12.0. The topological polar surface area (TPSA) is 0 Å². The van der Waals surface area contributed by atoms with Crippen molar-refractivity contribution in [1.29, 1.82) is 0 Å². The van der Waals surface area contributed by atoms with Gasteiger partial charge in [-0.1, -0.05) is 69.2 Å². The van der Waals surface area contributed by atoms with Crippen LogP contribution in [0.15, 0.2) is 97.1 Å². The van der Waals surface area contributed by atoms with Crippen molar-refractivity contribution in [2.45, 2.75) is 178 Å². The molecule has 5 aromatic rings. The first-order valence-corrected chi connectivity index (χ1v) is 39.6. The first-order chi connectivity index (χ1) is 28.2. The summed E-state index contributed by atoms with van der Waals surface area (Å²) in [5, 5.41) is 2.79. The summed E-state index contributed by atoms with van der Waals surface area (Å²) in [6.45, 7) is 44.0. The van der Waals surface area contributed by atoms with E-state index in [9.17, 15) is 0 Å². The predicted octanol–water partition coefficient (Wildman–Crippen LogP) is 14.2. The molecule has 60 heavy (non-hydrogen) atoms. The fourth-order valence-electron chi connectivity index (χ4n) is 8.17. The van der Waals surface area contributed by atoms with Gasteiger partial charge in [0, 0.05) is 0 Å². The minimum Gasteiger partial charge on any atom is -0.0622 e. The molecule has 0 fully saturated rings. The second kappa shape index (κ2) is 23.2. The Balaban J connectivity index is 0.000000512. The van der Waals surface area contributed by atoms with Crippen LogP contribution in [-0.4, -0.2) is 31.7 Å². The summed E-state index contributed by atoms with van der Waals surface area (Å²) in [5.41, 5.74) is 14.7. The van der Waals surface area contributed by atoms with Gasteiger partial charge in [0.15, 0.2) is 0 Å². The zero-order valence-corrected chi connectivity index (χ0v) is 47.6. The molecule has 0 atom stereocenters. The molecule has 0 unspecified atom stereocenters. The summed E-state index contributed by atoms with van der Waals surface area (Å²) in [5.74, 6) is 4.80. The maximum atomic E-state index is 2.66. The van der Waals surface area contributed by atoms with Crippen LogP contribution in [0.1, 0.15) is 228 Å². The number of rotatable bonds is 14. The Bertz CT molecular complexity index is 1960. The molecule has 0 saturated carbocycles. The second-order valence-electron chi connectivity index (χ2n) is 20.0. The molecule has 0 nitrogen and oxygen atoms in total. The van der Waals surface area contributed by atoms with E-state index in [1.54, 1.807) is 33.4 Å². The fraction of sp³-hybridized carbons (Fsp3) is 0.474. The van der Waals surface area contributed by atoms with Crippen LogP contribution in [0.2, 0.25) is 0 Å². The zero-order valence-electron chi connectivity index (χ0n) is 40.9. The van der Waals surface area contributed by atoms with Gasteiger partial charge in [-0.15, -0.1) is 0 Å². The van der Waals surface area contributed by atoms with Crippen LogP contribution in [-0.2, 0) is 0 Å². The predicted molar refractivity (Wildman–Crippen MR) is 277 cm³/mol. The van der Waals surface area contributed by atoms with Crippen molar-refractivity contribution in [3.63, 3.8) is 0 Å². The SMILES string of the molecule is CC(C)c1cc(C(C)C)[c]([Sn]=[Sn]([c]2c(C(C)C)cc(C(C)C)cc2C(C)C)[c]2c(C(C)C)cc(C(C)C)cc2C(C)C)c(C(C)C)c1.c1ccc(Pc2ccccc2)cc1. The van der Waals surface area contributed by atoms with Crippen molar-refractivity contribution in [2.75, 3.05) is 0 Å². The van der Waals surface area contributed by atoms with E-state index in [2.05, 4.69) is 222 Å². The van der Waals surface area contributed by atoms with Crippen LogP contribution >= 0.6 is 8.58 Å². The number of hydrogen-bond donors (Lipinski definition) is 0. The minimum absolute atomic E-state index is 0.522. The Morgan fingerprint density at radius 1 is 0.333 bits per heavy atom. The molecule has 1 radical (unpaired) electrons. The molecule has 5 aromatic carbocycles. The van der Waals surface area contributed by atoms with Crippen LogP contribution in [0.25, 0.3) is 0 Å². The maximum absolute atomic E-state index is 2.66. The molecule has 0 bridgehead atoms. The van der Waals surface area contributed by atoms with Crippen molar-refractivity contribution in [2.24, 2.45) is 0 Å². The van der Waals surface area contributed by atoms with Crippen molar-refractivity contribution in [3.05, 3.63) is 147 Å². The first-order valence-electron chi connectivity index (χ1n) is 23.3. The van der Waals surface area contributed by atoms with E-state index in [0.717, 1.165) is 8.58 Å². The monoisotopic (exact) mass is 1040 g/mol. The molecule has 0 aliphatic rings. The van der Waals surface area contributed by atoms with Crippen molar-refractivity contribution < 1.29 is 0 Å². The van der Waals surface area contributed by atoms with Crippen molar-refractivity contribution >= 4 is 61.7 Å². The van der Waals surface area contributed by atoms with Gasteiger partial charge in [0.2, 0.25) is 0 Å². The van der Waals surface area contributed by atoms with Gasteiger partial charge in [0.25, 0.3) is 0 Å². The Hall–Kier alpha value is -1.87. The molecule has 3 heteroatoms. The van der Waals surface area contributed by atoms with Gasteiger partial charge >= 0.3 is 307 Å². The van der Waals surface area contributed by atoms with Crippen LogP contribution in [0.3, 0.4) is 0 Å². The Morgan fingerprint density at radius 2 is 0.583 bits per heavy atom. The van der Waals surface area contributed by atoms with E-state index < -0.39 is 31.7 Å². The number of hydrogen-bond acceptors (Lipinski definition) is 0. The van der Waals surface area contributed by atoms with E-state index >= 15 is 0 Å². The van der Waals surface area contributed by atoms with Crippen LogP contribution in [0.4, 0.5) is 0 Å². The van der Waals surface area contributed by atoms with Gasteiger partial charge < -0.3 is 0 Å². The Morgan fingerprint density at radius 3 is 0.817 bits per heavy atom. The van der Waals surface area contributed by atoms with Gasteiger partial charge in [-0.05, 0) is 10.6 Å². The molecule has 0 amide bonds. The van der Waals surface area contributed by atoms with Crippen molar-refractivity contribution in [1.82, 2.24) is 0 Å². The summed E-state index contributed by atoms with van der Waals surface area (Å²) in [6, 6.07) is 37.1. The van der Waals surface area contributed by atoms with E-state index in [1.807, 2.05) is 10.7 Å². The van der Waals surface area contributed by atoms with Crippen LogP contribution in [0.5, 0.6) is 0 Å². The molecule has 0 spiro atoms. The molecular weight excluding hydrogens is 953 g/mol. The third-order valence-corrected chi connectivity index (χ3v) is 41.6. The molecule has 0 aliphatic carbocycles. The third kappa shape index (κ3) is 13.1. The molecule has 321 valence electrons. The molecule has 0 saturated heterocycles. The van der Waals surface area contributed by atoms with E-state index in [-0.39, 0.29) is 0 Å². The average Bonchev–Trinajstić information content (AvgIpc) is 3.19. The summed E-state index contributed by atoms with van der Waals surface area (Å²) in [6.07, 6.45) is 0. The first kappa shape index (κ1) is 50.8. The number of benzene rings is 5. The Kier molecular flexibility index (Phi) is 19.6. The van der Waals surface area contributed by atoms with E-state index in [4.69, 9.17) is 0 Å². The minimum atomic E-state index is -2.55. The molecule has 0 aliphatic heterocycles. The molecule has 5 rings (SSSR count). The quantitative estimate of drug-likeness (QED) is 0.0768. The summed E-state index contributed by atoms with van der Waals surface area (Å²) < 4.78 is 5.62. The molecular formula is C57H80PSn2. The van der Waals surface area contributed by atoms with Crippen LogP contribution in [0, 0.1) is 0 Å². The largest absolute Gasteiger partial charge is 0.0622 e. The molecule has 0 aromatic heterocycles. The van der Waals surface area contributed by atoms with E-state index in [0.29, 0.717) is 53.3 Å². The summed E-state index contributed by atoms with van der Waals surface area (Å²) >= 11 is -3.64. The fourth-order valence-corrected chi connectivity index (χ4v) is 47.8. The van der Waals surface area contributed by atoms with Crippen molar-refractivity contribution in [3.8, 4) is 0 Å². The van der Waals surface area contributed by atoms with E-state index in [1.165, 1.54) is 27.3 Å². The summed E-state index contributed by atoms with van der Waals surface area (Å²) in [7, 11) is 0.777. The van der Waals surface area contributed by atoms with Crippen LogP contribution < -0.4 is 21.3 Å². The summed E-state index contributed by atoms with van der Waals surface area (Å²) in [4.78, 5) is 0. The molecule has 0 heterocycles. The second-order valence-corrected chi connectivity index (χ2v) is 42.9. The van der Waals surface area contributed by atoms with Gasteiger partial charge in [-0.2, -0.15) is 0 Å². The average molecular weight is 1030 g/mol. The maximum Gasteiger partial charge on any atom is -0.0226 e. The molecule has 0 N–H and O–H groups in total. The van der Waals surface area contributed by atoms with Gasteiger partial charge in [-0.25, -0.2) is 0 Å². The zero-order chi connectivity index (χ0) is 44.6. The van der Waals surface area contributed by atoms with Gasteiger partial charge in [-0.3, -0.25) is 0 Å². The smallest absolute Gasteiger partial charge is 0.0226 e.